The summed E-state index contributed by atoms with van der Waals surface area (Å²) in [4.78, 5) is 0. The summed E-state index contributed by atoms with van der Waals surface area (Å²) in [5.41, 5.74) is 2.33. The van der Waals surface area contributed by atoms with Crippen molar-refractivity contribution in [2.45, 2.75) is 0 Å². The molecule has 1 N–H and O–H groups in total. The van der Waals surface area contributed by atoms with Gasteiger partial charge in [0.25, 0.3) is 0 Å². The summed E-state index contributed by atoms with van der Waals surface area (Å²) in [5, 5.41) is 12.3. The van der Waals surface area contributed by atoms with E-state index in [0.717, 1.165) is 11.3 Å². The Morgan fingerprint density at radius 1 is 1.31 bits per heavy atom. The van der Waals surface area contributed by atoms with Crippen LogP contribution in [0.2, 0.25) is 0 Å². The predicted octanol–water partition coefficient (Wildman–Crippen LogP) is 2.64. The van der Waals surface area contributed by atoms with Crippen molar-refractivity contribution in [3.63, 3.8) is 0 Å². The largest absolute Gasteiger partial charge is 0.389 e. The molecule has 0 saturated heterocycles. The van der Waals surface area contributed by atoms with Gasteiger partial charge in [-0.3, -0.25) is 0 Å². The highest BCUT2D eigenvalue weighted by atomic mass is 19.1. The third-order valence-corrected chi connectivity index (χ3v) is 2.12. The summed E-state index contributed by atoms with van der Waals surface area (Å²) in [5.74, 6) is -0.561. The van der Waals surface area contributed by atoms with Gasteiger partial charge < -0.3 is 9.63 Å². The van der Waals surface area contributed by atoms with Crippen LogP contribution in [0.1, 0.15) is 5.56 Å². The van der Waals surface area contributed by atoms with Gasteiger partial charge in [-0.05, 0) is 11.6 Å². The van der Waals surface area contributed by atoms with Crippen LogP contribution in [0.15, 0.2) is 46.9 Å². The Labute approximate surface area is 91.8 Å². The highest BCUT2D eigenvalue weighted by Gasteiger charge is 2.00. The first kappa shape index (κ1) is 10.6. The van der Waals surface area contributed by atoms with Crippen LogP contribution in [0.25, 0.3) is 17.3 Å². The third-order valence-electron chi connectivity index (χ3n) is 2.12. The van der Waals surface area contributed by atoms with Crippen LogP contribution in [0, 0.1) is 0 Å². The average molecular weight is 219 g/mol. The number of aliphatic hydroxyl groups is 1. The number of benzene rings is 1. The van der Waals surface area contributed by atoms with E-state index in [9.17, 15) is 4.39 Å². The van der Waals surface area contributed by atoms with E-state index in [-0.39, 0.29) is 0 Å². The Balaban J connectivity index is 2.23. The average Bonchev–Trinajstić information content (AvgIpc) is 2.83. The standard InChI is InChI=1S/C12H10FNO2/c13-11(8-15)7-9-1-3-10(4-2-9)12-5-6-16-14-12/h1-7,15H,8H2/b11-7+. The van der Waals surface area contributed by atoms with Crippen molar-refractivity contribution < 1.29 is 14.0 Å². The van der Waals surface area contributed by atoms with Crippen LogP contribution in [0.5, 0.6) is 0 Å². The fraction of sp³-hybridized carbons (Fsp3) is 0.0833. The Morgan fingerprint density at radius 2 is 2.06 bits per heavy atom. The minimum absolute atomic E-state index is 0.561. The first-order valence-corrected chi connectivity index (χ1v) is 4.77. The van der Waals surface area contributed by atoms with Crippen LogP contribution in [0.3, 0.4) is 0 Å². The summed E-state index contributed by atoms with van der Waals surface area (Å²) < 4.78 is 17.5. The lowest BCUT2D eigenvalue weighted by Crippen LogP contribution is -1.83. The molecule has 4 heteroatoms. The van der Waals surface area contributed by atoms with Crippen LogP contribution in [-0.4, -0.2) is 16.9 Å². The monoisotopic (exact) mass is 219 g/mol. The van der Waals surface area contributed by atoms with Gasteiger partial charge in [0, 0.05) is 11.6 Å². The van der Waals surface area contributed by atoms with Crippen molar-refractivity contribution >= 4 is 6.08 Å². The lowest BCUT2D eigenvalue weighted by atomic mass is 10.1. The zero-order valence-corrected chi connectivity index (χ0v) is 8.43. The summed E-state index contributed by atoms with van der Waals surface area (Å²) in [6.07, 6.45) is 2.78. The maximum atomic E-state index is 12.8. The number of hydrogen-bond acceptors (Lipinski definition) is 3. The molecule has 0 atom stereocenters. The molecule has 0 spiro atoms. The lowest BCUT2D eigenvalue weighted by Gasteiger charge is -1.97. The lowest BCUT2D eigenvalue weighted by molar-refractivity contribution is 0.300. The molecule has 0 amide bonds. The predicted molar refractivity (Wildman–Crippen MR) is 58.1 cm³/mol. The Kier molecular flexibility index (Phi) is 3.12. The van der Waals surface area contributed by atoms with E-state index in [0.29, 0.717) is 5.56 Å². The Bertz CT molecular complexity index is 474. The van der Waals surface area contributed by atoms with E-state index in [1.54, 1.807) is 18.2 Å². The normalized spacial score (nSPS) is 11.8. The highest BCUT2D eigenvalue weighted by molar-refractivity contribution is 5.62. The van der Waals surface area contributed by atoms with Gasteiger partial charge in [0.2, 0.25) is 0 Å². The van der Waals surface area contributed by atoms with Gasteiger partial charge in [-0.15, -0.1) is 0 Å². The number of aliphatic hydroxyl groups excluding tert-OH is 1. The van der Waals surface area contributed by atoms with E-state index in [2.05, 4.69) is 5.16 Å². The number of nitrogens with zero attached hydrogens (tertiary/aromatic N) is 1. The highest BCUT2D eigenvalue weighted by Crippen LogP contribution is 2.18. The van der Waals surface area contributed by atoms with Gasteiger partial charge in [0.15, 0.2) is 0 Å². The molecular weight excluding hydrogens is 209 g/mol. The number of aromatic nitrogens is 1. The van der Waals surface area contributed by atoms with Crippen molar-refractivity contribution in [1.82, 2.24) is 5.16 Å². The van der Waals surface area contributed by atoms with E-state index in [1.807, 2.05) is 12.1 Å². The molecule has 0 aliphatic heterocycles. The maximum absolute atomic E-state index is 12.8. The van der Waals surface area contributed by atoms with E-state index in [4.69, 9.17) is 9.63 Å². The first-order valence-electron chi connectivity index (χ1n) is 4.77. The SMILES string of the molecule is OC/C(F)=C\c1ccc(-c2ccon2)cc1. The van der Waals surface area contributed by atoms with Crippen molar-refractivity contribution in [2.24, 2.45) is 0 Å². The molecule has 2 rings (SSSR count). The van der Waals surface area contributed by atoms with Crippen LogP contribution < -0.4 is 0 Å². The molecule has 0 aliphatic carbocycles. The van der Waals surface area contributed by atoms with Gasteiger partial charge in [0.05, 0.1) is 6.61 Å². The second-order valence-electron chi connectivity index (χ2n) is 3.26. The second kappa shape index (κ2) is 4.72. The number of rotatable bonds is 3. The van der Waals surface area contributed by atoms with Crippen molar-refractivity contribution in [3.8, 4) is 11.3 Å². The molecular formula is C12H10FNO2. The summed E-state index contributed by atoms with van der Waals surface area (Å²) in [6, 6.07) is 8.88. The quantitative estimate of drug-likeness (QED) is 0.863. The molecule has 0 bridgehead atoms. The van der Waals surface area contributed by atoms with E-state index < -0.39 is 12.4 Å². The number of halogens is 1. The number of hydrogen-bond donors (Lipinski definition) is 1. The van der Waals surface area contributed by atoms with E-state index >= 15 is 0 Å². The minimum Gasteiger partial charge on any atom is -0.389 e. The molecule has 1 aromatic heterocycles. The molecule has 82 valence electrons. The van der Waals surface area contributed by atoms with Gasteiger partial charge in [0.1, 0.15) is 17.8 Å². The molecule has 0 radical (unpaired) electrons. The molecule has 0 unspecified atom stereocenters. The smallest absolute Gasteiger partial charge is 0.126 e. The first-order chi connectivity index (χ1) is 7.79. The molecule has 3 nitrogen and oxygen atoms in total. The molecule has 0 aliphatic rings. The van der Waals surface area contributed by atoms with Crippen LogP contribution >= 0.6 is 0 Å². The van der Waals surface area contributed by atoms with E-state index in [1.165, 1.54) is 12.3 Å². The fourth-order valence-electron chi connectivity index (χ4n) is 1.34. The molecule has 1 heterocycles. The van der Waals surface area contributed by atoms with Gasteiger partial charge in [-0.1, -0.05) is 29.4 Å². The minimum atomic E-state index is -0.578. The third kappa shape index (κ3) is 2.35. The van der Waals surface area contributed by atoms with Crippen LogP contribution in [-0.2, 0) is 0 Å². The molecule has 0 saturated carbocycles. The zero-order valence-electron chi connectivity index (χ0n) is 8.43. The second-order valence-corrected chi connectivity index (χ2v) is 3.26. The topological polar surface area (TPSA) is 46.3 Å². The van der Waals surface area contributed by atoms with Crippen LogP contribution in [0.4, 0.5) is 4.39 Å². The zero-order chi connectivity index (χ0) is 11.4. The molecule has 1 aromatic carbocycles. The summed E-state index contributed by atoms with van der Waals surface area (Å²) in [7, 11) is 0. The summed E-state index contributed by atoms with van der Waals surface area (Å²) in [6.45, 7) is -0.578. The van der Waals surface area contributed by atoms with Gasteiger partial charge in [-0.2, -0.15) is 0 Å². The summed E-state index contributed by atoms with van der Waals surface area (Å²) >= 11 is 0. The molecule has 2 aromatic rings. The molecule has 0 fully saturated rings. The molecule has 16 heavy (non-hydrogen) atoms. The van der Waals surface area contributed by atoms with Gasteiger partial charge >= 0.3 is 0 Å². The van der Waals surface area contributed by atoms with Crippen molar-refractivity contribution in [3.05, 3.63) is 48.0 Å². The van der Waals surface area contributed by atoms with Crippen molar-refractivity contribution in [2.75, 3.05) is 6.61 Å². The Morgan fingerprint density at radius 3 is 2.62 bits per heavy atom. The maximum Gasteiger partial charge on any atom is 0.126 e. The fourth-order valence-corrected chi connectivity index (χ4v) is 1.34. The van der Waals surface area contributed by atoms with Crippen molar-refractivity contribution in [1.29, 1.82) is 0 Å². The Hall–Kier alpha value is -1.94. The van der Waals surface area contributed by atoms with Gasteiger partial charge in [-0.25, -0.2) is 4.39 Å².